The number of rotatable bonds is 3. The van der Waals surface area contributed by atoms with Crippen LogP contribution in [-0.2, 0) is 20.8 Å². The van der Waals surface area contributed by atoms with Gasteiger partial charge in [0, 0.05) is 44.6 Å². The summed E-state index contributed by atoms with van der Waals surface area (Å²) in [6.45, 7) is 1.82. The summed E-state index contributed by atoms with van der Waals surface area (Å²) in [6.07, 6.45) is 2.44. The fraction of sp³-hybridized carbons (Fsp3) is 0.448. The molecule has 208 valence electrons. The second-order valence-electron chi connectivity index (χ2n) is 9.79. The van der Waals surface area contributed by atoms with Crippen LogP contribution in [0.3, 0.4) is 0 Å². The van der Waals surface area contributed by atoms with E-state index in [0.29, 0.717) is 49.7 Å². The largest absolute Gasteiger partial charge is 0.493 e. The van der Waals surface area contributed by atoms with Crippen molar-refractivity contribution < 1.29 is 28.7 Å². The van der Waals surface area contributed by atoms with Crippen molar-refractivity contribution >= 4 is 23.6 Å². The Bertz CT molecular complexity index is 1170. The summed E-state index contributed by atoms with van der Waals surface area (Å²) in [6, 6.07) is 13.4. The van der Waals surface area contributed by atoms with Crippen LogP contribution in [0.4, 0.5) is 0 Å². The van der Waals surface area contributed by atoms with E-state index in [-0.39, 0.29) is 43.0 Å². The Hall–Kier alpha value is -4.08. The molecule has 0 aliphatic carbocycles. The molecule has 10 heteroatoms. The van der Waals surface area contributed by atoms with Gasteiger partial charge in [-0.1, -0.05) is 30.3 Å². The highest BCUT2D eigenvalue weighted by Crippen LogP contribution is 2.28. The SMILES string of the molecule is COc1ccc2cc1OCCCNC(=O)[C@@H]1CCCN(C1)C(=O)CCNC(=O)[C@H](Cc1ccccc1)NC2=O. The van der Waals surface area contributed by atoms with Crippen LogP contribution in [0.25, 0.3) is 0 Å². The van der Waals surface area contributed by atoms with Crippen LogP contribution in [0.1, 0.15) is 41.6 Å². The van der Waals surface area contributed by atoms with Gasteiger partial charge in [-0.05, 0) is 43.0 Å². The van der Waals surface area contributed by atoms with Crippen molar-refractivity contribution in [1.82, 2.24) is 20.9 Å². The minimum Gasteiger partial charge on any atom is -0.493 e. The predicted octanol–water partition coefficient (Wildman–Crippen LogP) is 1.68. The molecule has 1 saturated heterocycles. The summed E-state index contributed by atoms with van der Waals surface area (Å²) in [4.78, 5) is 53.6. The van der Waals surface area contributed by atoms with E-state index in [2.05, 4.69) is 16.0 Å². The number of fused-ring (bicyclic) bond motifs is 4. The van der Waals surface area contributed by atoms with Crippen molar-refractivity contribution in [1.29, 1.82) is 0 Å². The molecule has 3 N–H and O–H groups in total. The minimum atomic E-state index is -0.852. The zero-order chi connectivity index (χ0) is 27.6. The van der Waals surface area contributed by atoms with Gasteiger partial charge in [0.15, 0.2) is 11.5 Å². The molecule has 1 fully saturated rings. The number of hydrogen-bond acceptors (Lipinski definition) is 6. The number of hydrogen-bond donors (Lipinski definition) is 3. The van der Waals surface area contributed by atoms with Crippen LogP contribution < -0.4 is 25.4 Å². The van der Waals surface area contributed by atoms with Crippen molar-refractivity contribution in [2.24, 2.45) is 5.92 Å². The van der Waals surface area contributed by atoms with E-state index in [1.54, 1.807) is 23.1 Å². The molecule has 0 saturated carbocycles. The Kier molecular flexibility index (Phi) is 9.77. The van der Waals surface area contributed by atoms with Gasteiger partial charge in [0.2, 0.25) is 17.7 Å². The average molecular weight is 537 g/mol. The molecule has 4 rings (SSSR count). The molecule has 2 aliphatic rings. The van der Waals surface area contributed by atoms with Crippen molar-refractivity contribution in [2.45, 2.75) is 38.1 Å². The van der Waals surface area contributed by atoms with Crippen LogP contribution in [0.15, 0.2) is 48.5 Å². The van der Waals surface area contributed by atoms with Gasteiger partial charge in [0.25, 0.3) is 5.91 Å². The Balaban J connectivity index is 1.55. The van der Waals surface area contributed by atoms with Gasteiger partial charge in [-0.3, -0.25) is 19.2 Å². The van der Waals surface area contributed by atoms with Crippen molar-refractivity contribution in [3.8, 4) is 11.5 Å². The summed E-state index contributed by atoms with van der Waals surface area (Å²) in [7, 11) is 1.52. The lowest BCUT2D eigenvalue weighted by Gasteiger charge is -2.32. The van der Waals surface area contributed by atoms with Crippen molar-refractivity contribution in [2.75, 3.05) is 39.9 Å². The molecule has 2 aliphatic heterocycles. The number of nitrogens with zero attached hydrogens (tertiary/aromatic N) is 1. The summed E-state index contributed by atoms with van der Waals surface area (Å²) >= 11 is 0. The van der Waals surface area contributed by atoms with Gasteiger partial charge in [-0.15, -0.1) is 0 Å². The molecule has 39 heavy (non-hydrogen) atoms. The molecule has 2 heterocycles. The van der Waals surface area contributed by atoms with E-state index in [4.69, 9.17) is 9.47 Å². The van der Waals surface area contributed by atoms with E-state index in [1.807, 2.05) is 30.3 Å². The Labute approximate surface area is 228 Å². The van der Waals surface area contributed by atoms with Gasteiger partial charge in [0.05, 0.1) is 19.6 Å². The average Bonchev–Trinajstić information content (AvgIpc) is 2.96. The Morgan fingerprint density at radius 3 is 2.56 bits per heavy atom. The first kappa shape index (κ1) is 27.9. The fourth-order valence-electron chi connectivity index (χ4n) is 4.83. The second kappa shape index (κ2) is 13.6. The minimum absolute atomic E-state index is 0.0739. The lowest BCUT2D eigenvalue weighted by molar-refractivity contribution is -0.135. The van der Waals surface area contributed by atoms with Gasteiger partial charge in [-0.2, -0.15) is 0 Å². The summed E-state index contributed by atoms with van der Waals surface area (Å²) in [5.74, 6) is -0.378. The maximum absolute atomic E-state index is 13.2. The monoisotopic (exact) mass is 536 g/mol. The standard InChI is InChI=1S/C29H36N4O6/c1-38-24-11-10-21-18-25(24)39-16-6-13-30-27(35)22-9-5-15-33(19-22)26(34)12-14-31-29(37)23(32-28(21)36)17-20-7-3-2-4-8-20/h2-4,7-8,10-11,18,22-23H,5-6,9,12-17,19H2,1H3,(H,30,35)(H,31,37)(H,32,36)/t22-,23+/m1/s1. The molecule has 0 unspecified atom stereocenters. The molecule has 0 aromatic heterocycles. The Morgan fingerprint density at radius 1 is 0.974 bits per heavy atom. The number of carbonyl (C=O) groups is 4. The van der Waals surface area contributed by atoms with E-state index >= 15 is 0 Å². The van der Waals surface area contributed by atoms with E-state index < -0.39 is 11.9 Å². The highest BCUT2D eigenvalue weighted by Gasteiger charge is 2.29. The molecule has 2 atom stereocenters. The number of benzene rings is 2. The first-order valence-corrected chi connectivity index (χ1v) is 13.4. The van der Waals surface area contributed by atoms with Gasteiger partial charge in [-0.25, -0.2) is 0 Å². The third-order valence-corrected chi connectivity index (χ3v) is 6.99. The van der Waals surface area contributed by atoms with E-state index in [1.165, 1.54) is 7.11 Å². The molecule has 2 aromatic rings. The van der Waals surface area contributed by atoms with Crippen molar-refractivity contribution in [3.05, 3.63) is 59.7 Å². The summed E-state index contributed by atoms with van der Waals surface area (Å²) < 4.78 is 11.3. The molecular weight excluding hydrogens is 500 g/mol. The van der Waals surface area contributed by atoms with E-state index in [0.717, 1.165) is 18.4 Å². The van der Waals surface area contributed by atoms with Crippen LogP contribution in [0, 0.1) is 5.92 Å². The highest BCUT2D eigenvalue weighted by molar-refractivity contribution is 5.98. The molecule has 4 bridgehead atoms. The number of ether oxygens (including phenoxy) is 2. The third kappa shape index (κ3) is 7.72. The predicted molar refractivity (Wildman–Crippen MR) is 144 cm³/mol. The molecule has 2 aromatic carbocycles. The zero-order valence-corrected chi connectivity index (χ0v) is 22.2. The zero-order valence-electron chi connectivity index (χ0n) is 22.2. The van der Waals surface area contributed by atoms with Crippen LogP contribution >= 0.6 is 0 Å². The number of nitrogens with one attached hydrogen (secondary N) is 3. The van der Waals surface area contributed by atoms with Crippen LogP contribution in [-0.4, -0.2) is 74.5 Å². The van der Waals surface area contributed by atoms with Gasteiger partial charge < -0.3 is 30.3 Å². The lowest BCUT2D eigenvalue weighted by Crippen LogP contribution is -2.49. The van der Waals surface area contributed by atoms with Gasteiger partial charge >= 0.3 is 0 Å². The quantitative estimate of drug-likeness (QED) is 0.548. The fourth-order valence-corrected chi connectivity index (χ4v) is 4.83. The normalized spacial score (nSPS) is 21.6. The number of piperidine rings is 1. The maximum Gasteiger partial charge on any atom is 0.252 e. The number of amides is 4. The van der Waals surface area contributed by atoms with Gasteiger partial charge in [0.1, 0.15) is 6.04 Å². The lowest BCUT2D eigenvalue weighted by atomic mass is 9.97. The number of carbonyl (C=O) groups excluding carboxylic acids is 4. The maximum atomic E-state index is 13.2. The molecule has 4 amide bonds. The first-order chi connectivity index (χ1) is 18.9. The topological polar surface area (TPSA) is 126 Å². The Morgan fingerprint density at radius 2 is 1.77 bits per heavy atom. The smallest absolute Gasteiger partial charge is 0.252 e. The van der Waals surface area contributed by atoms with Crippen LogP contribution in [0.5, 0.6) is 11.5 Å². The molecule has 0 spiro atoms. The molecule has 0 radical (unpaired) electrons. The summed E-state index contributed by atoms with van der Waals surface area (Å²) in [5.41, 5.74) is 1.20. The van der Waals surface area contributed by atoms with Crippen molar-refractivity contribution in [3.63, 3.8) is 0 Å². The first-order valence-electron chi connectivity index (χ1n) is 13.4. The third-order valence-electron chi connectivity index (χ3n) is 6.99. The van der Waals surface area contributed by atoms with E-state index in [9.17, 15) is 19.2 Å². The summed E-state index contributed by atoms with van der Waals surface area (Å²) in [5, 5.41) is 8.59. The molecular formula is C29H36N4O6. The number of methoxy groups -OCH3 is 1. The van der Waals surface area contributed by atoms with Crippen LogP contribution in [0.2, 0.25) is 0 Å². The second-order valence-corrected chi connectivity index (χ2v) is 9.79. The highest BCUT2D eigenvalue weighted by atomic mass is 16.5. The molecule has 10 nitrogen and oxygen atoms in total.